The Balaban J connectivity index is 1.64. The van der Waals surface area contributed by atoms with E-state index >= 15 is 0 Å². The number of fused-ring (bicyclic) bond motifs is 1. The SMILES string of the molecule is Cc1cccc([C@]2(C(=O)NCc3c(C)noc3C)C[C@@H]3CCC(=O)N3C2)c1. The number of carbonyl (C=O) groups excluding carboxylic acids is 2. The maximum atomic E-state index is 13.4. The van der Waals surface area contributed by atoms with Crippen LogP contribution >= 0.6 is 0 Å². The number of nitrogens with one attached hydrogen (secondary N) is 1. The highest BCUT2D eigenvalue weighted by atomic mass is 16.5. The van der Waals surface area contributed by atoms with Crippen molar-refractivity contribution in [1.82, 2.24) is 15.4 Å². The second-order valence-electron chi connectivity index (χ2n) is 7.86. The highest BCUT2D eigenvalue weighted by Crippen LogP contribution is 2.43. The first-order valence-electron chi connectivity index (χ1n) is 9.47. The normalized spacial score (nSPS) is 24.3. The minimum absolute atomic E-state index is 0.0321. The number of carbonyl (C=O) groups is 2. The molecule has 27 heavy (non-hydrogen) atoms. The Morgan fingerprint density at radius 2 is 2.19 bits per heavy atom. The summed E-state index contributed by atoms with van der Waals surface area (Å²) >= 11 is 0. The lowest BCUT2D eigenvalue weighted by atomic mass is 9.76. The first-order valence-corrected chi connectivity index (χ1v) is 9.47. The third-order valence-electron chi connectivity index (χ3n) is 6.09. The van der Waals surface area contributed by atoms with Crippen molar-refractivity contribution in [2.45, 2.75) is 58.0 Å². The van der Waals surface area contributed by atoms with E-state index in [1.807, 2.05) is 43.9 Å². The van der Waals surface area contributed by atoms with Crippen LogP contribution in [-0.2, 0) is 21.5 Å². The molecule has 2 fully saturated rings. The van der Waals surface area contributed by atoms with Gasteiger partial charge >= 0.3 is 0 Å². The second kappa shape index (κ2) is 6.51. The molecule has 1 N–H and O–H groups in total. The molecule has 2 saturated heterocycles. The molecule has 142 valence electrons. The number of rotatable bonds is 4. The number of benzene rings is 1. The third-order valence-corrected chi connectivity index (χ3v) is 6.09. The summed E-state index contributed by atoms with van der Waals surface area (Å²) in [5.74, 6) is 0.850. The highest BCUT2D eigenvalue weighted by molar-refractivity contribution is 5.91. The highest BCUT2D eigenvalue weighted by Gasteiger charge is 2.53. The van der Waals surface area contributed by atoms with Gasteiger partial charge in [-0.2, -0.15) is 0 Å². The lowest BCUT2D eigenvalue weighted by molar-refractivity contribution is -0.129. The molecule has 6 heteroatoms. The van der Waals surface area contributed by atoms with Crippen molar-refractivity contribution in [3.05, 3.63) is 52.4 Å². The predicted molar refractivity (Wildman–Crippen MR) is 100 cm³/mol. The van der Waals surface area contributed by atoms with E-state index < -0.39 is 5.41 Å². The van der Waals surface area contributed by atoms with Gasteiger partial charge in [-0.1, -0.05) is 35.0 Å². The Labute approximate surface area is 158 Å². The fourth-order valence-corrected chi connectivity index (χ4v) is 4.52. The van der Waals surface area contributed by atoms with E-state index in [0.29, 0.717) is 25.9 Å². The van der Waals surface area contributed by atoms with Gasteiger partial charge in [0.15, 0.2) is 0 Å². The van der Waals surface area contributed by atoms with Crippen LogP contribution in [0.4, 0.5) is 0 Å². The van der Waals surface area contributed by atoms with Gasteiger partial charge in [0.2, 0.25) is 11.8 Å². The third kappa shape index (κ3) is 2.93. The van der Waals surface area contributed by atoms with Crippen LogP contribution in [0, 0.1) is 20.8 Å². The van der Waals surface area contributed by atoms with Crippen LogP contribution in [0.3, 0.4) is 0 Å². The van der Waals surface area contributed by atoms with Crippen molar-refractivity contribution in [3.8, 4) is 0 Å². The van der Waals surface area contributed by atoms with E-state index in [1.54, 1.807) is 0 Å². The van der Waals surface area contributed by atoms with Gasteiger partial charge in [-0.25, -0.2) is 0 Å². The Kier molecular flexibility index (Phi) is 4.29. The van der Waals surface area contributed by atoms with Crippen molar-refractivity contribution in [1.29, 1.82) is 0 Å². The molecule has 0 unspecified atom stereocenters. The fraction of sp³-hybridized carbons (Fsp3) is 0.476. The summed E-state index contributed by atoms with van der Waals surface area (Å²) in [5.41, 5.74) is 3.10. The zero-order chi connectivity index (χ0) is 19.2. The molecule has 0 radical (unpaired) electrons. The van der Waals surface area contributed by atoms with E-state index in [2.05, 4.69) is 16.5 Å². The van der Waals surface area contributed by atoms with Crippen LogP contribution < -0.4 is 5.32 Å². The second-order valence-corrected chi connectivity index (χ2v) is 7.86. The number of amides is 2. The fourth-order valence-electron chi connectivity index (χ4n) is 4.52. The summed E-state index contributed by atoms with van der Waals surface area (Å²) in [7, 11) is 0. The predicted octanol–water partition coefficient (Wildman–Crippen LogP) is 2.55. The summed E-state index contributed by atoms with van der Waals surface area (Å²) < 4.78 is 5.20. The minimum Gasteiger partial charge on any atom is -0.361 e. The van der Waals surface area contributed by atoms with Crippen LogP contribution in [-0.4, -0.2) is 34.5 Å². The average Bonchev–Trinajstić information content (AvgIpc) is 3.29. The van der Waals surface area contributed by atoms with E-state index in [9.17, 15) is 9.59 Å². The van der Waals surface area contributed by atoms with Crippen LogP contribution in [0.2, 0.25) is 0 Å². The standard InChI is InChI=1S/C21H25N3O3/c1-13-5-4-6-16(9-13)21(10-17-7-8-19(25)24(17)12-21)20(26)22-11-18-14(2)23-27-15(18)3/h4-6,9,17H,7-8,10-12H2,1-3H3,(H,22,26)/t17-,21-/m0/s1. The molecule has 2 aliphatic heterocycles. The van der Waals surface area contributed by atoms with E-state index in [1.165, 1.54) is 0 Å². The summed E-state index contributed by atoms with van der Waals surface area (Å²) in [6.45, 7) is 6.58. The molecule has 0 bridgehead atoms. The first kappa shape index (κ1) is 17.8. The number of hydrogen-bond donors (Lipinski definition) is 1. The summed E-state index contributed by atoms with van der Waals surface area (Å²) in [5, 5.41) is 7.05. The van der Waals surface area contributed by atoms with Gasteiger partial charge in [-0.15, -0.1) is 0 Å². The van der Waals surface area contributed by atoms with Crippen molar-refractivity contribution < 1.29 is 14.1 Å². The van der Waals surface area contributed by atoms with Crippen LogP contribution in [0.1, 0.15) is 47.4 Å². The Morgan fingerprint density at radius 3 is 2.85 bits per heavy atom. The molecule has 3 heterocycles. The molecule has 1 aromatic carbocycles. The van der Waals surface area contributed by atoms with Crippen LogP contribution in [0.15, 0.2) is 28.8 Å². The van der Waals surface area contributed by atoms with Crippen LogP contribution in [0.5, 0.6) is 0 Å². The summed E-state index contributed by atoms with van der Waals surface area (Å²) in [4.78, 5) is 27.6. The van der Waals surface area contributed by atoms with Gasteiger partial charge < -0.3 is 14.7 Å². The lowest BCUT2D eigenvalue weighted by Gasteiger charge is -2.29. The zero-order valence-corrected chi connectivity index (χ0v) is 16.0. The topological polar surface area (TPSA) is 75.4 Å². The Morgan fingerprint density at radius 1 is 1.37 bits per heavy atom. The number of aromatic nitrogens is 1. The minimum atomic E-state index is -0.703. The molecule has 0 saturated carbocycles. The largest absolute Gasteiger partial charge is 0.361 e. The smallest absolute Gasteiger partial charge is 0.232 e. The van der Waals surface area contributed by atoms with E-state index in [-0.39, 0.29) is 17.9 Å². The number of aryl methyl sites for hydroxylation is 3. The molecule has 4 rings (SSSR count). The Hall–Kier alpha value is -2.63. The Bertz CT molecular complexity index is 884. The summed E-state index contributed by atoms with van der Waals surface area (Å²) in [6.07, 6.45) is 2.11. The maximum Gasteiger partial charge on any atom is 0.232 e. The van der Waals surface area contributed by atoms with Crippen molar-refractivity contribution in [2.75, 3.05) is 6.54 Å². The molecular formula is C21H25N3O3. The van der Waals surface area contributed by atoms with Crippen molar-refractivity contribution in [3.63, 3.8) is 0 Å². The van der Waals surface area contributed by atoms with E-state index in [4.69, 9.17) is 4.52 Å². The molecular weight excluding hydrogens is 342 g/mol. The van der Waals surface area contributed by atoms with Crippen LogP contribution in [0.25, 0.3) is 0 Å². The van der Waals surface area contributed by atoms with Crippen molar-refractivity contribution >= 4 is 11.8 Å². The van der Waals surface area contributed by atoms with E-state index in [0.717, 1.165) is 34.6 Å². The number of hydrogen-bond acceptors (Lipinski definition) is 4. The zero-order valence-electron chi connectivity index (χ0n) is 16.0. The maximum absolute atomic E-state index is 13.4. The van der Waals surface area contributed by atoms with Gasteiger partial charge in [0.1, 0.15) is 5.76 Å². The molecule has 2 aliphatic rings. The molecule has 0 aliphatic carbocycles. The quantitative estimate of drug-likeness (QED) is 0.901. The lowest BCUT2D eigenvalue weighted by Crippen LogP contribution is -2.47. The van der Waals surface area contributed by atoms with Gasteiger partial charge in [-0.3, -0.25) is 9.59 Å². The molecule has 2 aromatic rings. The first-order chi connectivity index (χ1) is 12.9. The van der Waals surface area contributed by atoms with Crippen molar-refractivity contribution in [2.24, 2.45) is 0 Å². The molecule has 2 amide bonds. The monoisotopic (exact) mass is 367 g/mol. The molecule has 6 nitrogen and oxygen atoms in total. The molecule has 2 atom stereocenters. The van der Waals surface area contributed by atoms with Gasteiger partial charge in [0, 0.05) is 31.1 Å². The van der Waals surface area contributed by atoms with Gasteiger partial charge in [0.25, 0.3) is 0 Å². The number of nitrogens with zero attached hydrogens (tertiary/aromatic N) is 2. The van der Waals surface area contributed by atoms with Gasteiger partial charge in [0.05, 0.1) is 11.1 Å². The molecule has 1 aromatic heterocycles. The summed E-state index contributed by atoms with van der Waals surface area (Å²) in [6, 6.07) is 8.25. The molecule has 0 spiro atoms. The average molecular weight is 367 g/mol. The van der Waals surface area contributed by atoms with Gasteiger partial charge in [-0.05, 0) is 39.2 Å².